The van der Waals surface area contributed by atoms with Crippen molar-refractivity contribution in [3.05, 3.63) is 12.2 Å². The number of nitrogens with zero attached hydrogens (tertiary/aromatic N) is 1. The fraction of sp³-hybridized carbons (Fsp3) is 0.714. The summed E-state index contributed by atoms with van der Waals surface area (Å²) in [7, 11) is 0. The van der Waals surface area contributed by atoms with Crippen LogP contribution in [0.4, 0.5) is 4.79 Å². The third-order valence-electron chi connectivity index (χ3n) is 3.38. The van der Waals surface area contributed by atoms with Crippen molar-refractivity contribution in [2.75, 3.05) is 0 Å². The van der Waals surface area contributed by atoms with Crippen molar-refractivity contribution in [3.8, 4) is 0 Å². The maximum absolute atomic E-state index is 12.0. The monoisotopic (exact) mass is 251 g/mol. The van der Waals surface area contributed by atoms with Gasteiger partial charge < -0.3 is 4.74 Å². The molecule has 1 fully saturated rings. The maximum Gasteiger partial charge on any atom is 0.417 e. The predicted molar refractivity (Wildman–Crippen MR) is 68.0 cm³/mol. The normalized spacial score (nSPS) is 29.7. The Kier molecular flexibility index (Phi) is 3.46. The molecule has 0 bridgehead atoms. The Balaban J connectivity index is 2.04. The second kappa shape index (κ2) is 4.75. The largest absolute Gasteiger partial charge is 0.443 e. The van der Waals surface area contributed by atoms with Gasteiger partial charge in [-0.2, -0.15) is 0 Å². The number of ether oxygens (including phenoxy) is 1. The van der Waals surface area contributed by atoms with Gasteiger partial charge in [-0.1, -0.05) is 12.2 Å². The molecule has 0 spiro atoms. The minimum absolute atomic E-state index is 0.0162. The second-order valence-corrected chi connectivity index (χ2v) is 5.99. The molecule has 0 unspecified atom stereocenters. The summed E-state index contributed by atoms with van der Waals surface area (Å²) in [4.78, 5) is 25.3. The molecule has 1 saturated heterocycles. The lowest BCUT2D eigenvalue weighted by molar-refractivity contribution is -0.154. The van der Waals surface area contributed by atoms with E-state index in [2.05, 4.69) is 12.2 Å². The van der Waals surface area contributed by atoms with E-state index in [1.807, 2.05) is 20.8 Å². The van der Waals surface area contributed by atoms with Crippen molar-refractivity contribution in [2.24, 2.45) is 5.92 Å². The van der Waals surface area contributed by atoms with Crippen molar-refractivity contribution in [3.63, 3.8) is 0 Å². The highest BCUT2D eigenvalue weighted by molar-refractivity contribution is 5.99. The summed E-state index contributed by atoms with van der Waals surface area (Å²) in [6.45, 7) is 5.44. The molecule has 2 aliphatic rings. The predicted octanol–water partition coefficient (Wildman–Crippen LogP) is 2.88. The van der Waals surface area contributed by atoms with Crippen LogP contribution in [0, 0.1) is 5.92 Å². The summed E-state index contributed by atoms with van der Waals surface area (Å²) in [5.41, 5.74) is -0.552. The number of rotatable bonds is 0. The van der Waals surface area contributed by atoms with Crippen molar-refractivity contribution in [2.45, 2.75) is 58.1 Å². The molecule has 2 amide bonds. The van der Waals surface area contributed by atoms with Crippen LogP contribution in [0.25, 0.3) is 0 Å². The molecular weight excluding hydrogens is 230 g/mol. The number of β-lactam (4-membered cyclic amide) rings is 1. The van der Waals surface area contributed by atoms with Gasteiger partial charge in [0.15, 0.2) is 0 Å². The third-order valence-corrected chi connectivity index (χ3v) is 3.38. The van der Waals surface area contributed by atoms with Crippen LogP contribution < -0.4 is 0 Å². The van der Waals surface area contributed by atoms with Crippen LogP contribution in [-0.2, 0) is 9.53 Å². The Morgan fingerprint density at radius 3 is 2.50 bits per heavy atom. The third kappa shape index (κ3) is 2.57. The van der Waals surface area contributed by atoms with E-state index in [1.165, 1.54) is 4.90 Å². The molecule has 1 aliphatic carbocycles. The van der Waals surface area contributed by atoms with E-state index in [1.54, 1.807) is 0 Å². The standard InChI is InChI=1S/C14H21NO3/c1-14(2,3)18-13(17)15-11-9-7-5-4-6-8-10(11)12(15)16/h4-5,10-11H,6-9H2,1-3H3/b5-4-/t10-,11+/m0/s1. The number of allylic oxidation sites excluding steroid dienone is 2. The Morgan fingerprint density at radius 1 is 1.28 bits per heavy atom. The average Bonchev–Trinajstić information content (AvgIpc) is 2.19. The molecule has 18 heavy (non-hydrogen) atoms. The van der Waals surface area contributed by atoms with Crippen molar-refractivity contribution in [1.82, 2.24) is 4.90 Å². The zero-order valence-electron chi connectivity index (χ0n) is 11.3. The van der Waals surface area contributed by atoms with Crippen LogP contribution in [0.1, 0.15) is 46.5 Å². The lowest BCUT2D eigenvalue weighted by Gasteiger charge is -2.46. The number of fused-ring (bicyclic) bond motifs is 1. The maximum atomic E-state index is 12.0. The van der Waals surface area contributed by atoms with Crippen LogP contribution in [0.3, 0.4) is 0 Å². The van der Waals surface area contributed by atoms with E-state index in [0.29, 0.717) is 0 Å². The van der Waals surface area contributed by atoms with E-state index >= 15 is 0 Å². The van der Waals surface area contributed by atoms with Gasteiger partial charge >= 0.3 is 6.09 Å². The van der Waals surface area contributed by atoms with E-state index in [0.717, 1.165) is 25.7 Å². The van der Waals surface area contributed by atoms with Crippen LogP contribution in [0.5, 0.6) is 0 Å². The fourth-order valence-electron chi connectivity index (χ4n) is 2.57. The molecule has 2 rings (SSSR count). The Bertz CT molecular complexity index is 381. The minimum atomic E-state index is -0.552. The minimum Gasteiger partial charge on any atom is -0.443 e. The van der Waals surface area contributed by atoms with Crippen LogP contribution in [0.2, 0.25) is 0 Å². The lowest BCUT2D eigenvalue weighted by atomic mass is 9.80. The van der Waals surface area contributed by atoms with Gasteiger partial charge in [-0.15, -0.1) is 0 Å². The Morgan fingerprint density at radius 2 is 1.89 bits per heavy atom. The highest BCUT2D eigenvalue weighted by Gasteiger charge is 2.50. The zero-order valence-corrected chi connectivity index (χ0v) is 11.3. The fourth-order valence-corrected chi connectivity index (χ4v) is 2.57. The first-order valence-corrected chi connectivity index (χ1v) is 6.61. The highest BCUT2D eigenvalue weighted by Crippen LogP contribution is 2.36. The van der Waals surface area contributed by atoms with Gasteiger partial charge in [0.25, 0.3) is 0 Å². The molecule has 0 radical (unpaired) electrons. The van der Waals surface area contributed by atoms with Gasteiger partial charge in [0.2, 0.25) is 5.91 Å². The van der Waals surface area contributed by atoms with Gasteiger partial charge in [-0.3, -0.25) is 4.79 Å². The Hall–Kier alpha value is -1.32. The van der Waals surface area contributed by atoms with Gasteiger partial charge in [-0.05, 0) is 46.5 Å². The van der Waals surface area contributed by atoms with Gasteiger partial charge in [0.05, 0.1) is 12.0 Å². The summed E-state index contributed by atoms with van der Waals surface area (Å²) < 4.78 is 5.28. The molecule has 0 aromatic rings. The Labute approximate surface area is 108 Å². The number of likely N-dealkylation sites (tertiary alicyclic amines) is 1. The average molecular weight is 251 g/mol. The highest BCUT2D eigenvalue weighted by atomic mass is 16.6. The number of imide groups is 1. The molecule has 0 saturated carbocycles. The number of hydrogen-bond donors (Lipinski definition) is 0. The molecule has 2 atom stereocenters. The molecule has 4 heteroatoms. The zero-order chi connectivity index (χ0) is 13.3. The first-order valence-electron chi connectivity index (χ1n) is 6.61. The number of amides is 2. The number of hydrogen-bond acceptors (Lipinski definition) is 3. The van der Waals surface area contributed by atoms with Crippen molar-refractivity contribution >= 4 is 12.0 Å². The first-order chi connectivity index (χ1) is 8.40. The van der Waals surface area contributed by atoms with Gasteiger partial charge in [-0.25, -0.2) is 9.69 Å². The second-order valence-electron chi connectivity index (χ2n) is 5.99. The number of carbonyl (C=O) groups is 2. The SMILES string of the molecule is CC(C)(C)OC(=O)N1C(=O)[C@H]2CC/C=C\CC[C@H]21. The van der Waals surface area contributed by atoms with Crippen LogP contribution in [-0.4, -0.2) is 28.5 Å². The summed E-state index contributed by atoms with van der Waals surface area (Å²) in [6.07, 6.45) is 7.32. The molecular formula is C14H21NO3. The van der Waals surface area contributed by atoms with Crippen molar-refractivity contribution in [1.29, 1.82) is 0 Å². The van der Waals surface area contributed by atoms with E-state index in [4.69, 9.17) is 4.74 Å². The van der Waals surface area contributed by atoms with Gasteiger partial charge in [0.1, 0.15) is 5.60 Å². The molecule has 100 valence electrons. The lowest BCUT2D eigenvalue weighted by Crippen LogP contribution is -2.63. The van der Waals surface area contributed by atoms with Crippen LogP contribution >= 0.6 is 0 Å². The summed E-state index contributed by atoms with van der Waals surface area (Å²) >= 11 is 0. The van der Waals surface area contributed by atoms with Gasteiger partial charge in [0, 0.05) is 0 Å². The summed E-state index contributed by atoms with van der Waals surface area (Å²) in [5.74, 6) is -0.0491. The van der Waals surface area contributed by atoms with Crippen molar-refractivity contribution < 1.29 is 14.3 Å². The molecule has 1 heterocycles. The smallest absolute Gasteiger partial charge is 0.417 e. The molecule has 0 aromatic carbocycles. The van der Waals surface area contributed by atoms with E-state index in [9.17, 15) is 9.59 Å². The topological polar surface area (TPSA) is 46.6 Å². The molecule has 0 N–H and O–H groups in total. The van der Waals surface area contributed by atoms with E-state index in [-0.39, 0.29) is 17.9 Å². The summed E-state index contributed by atoms with van der Waals surface area (Å²) in [5, 5.41) is 0. The molecule has 1 aliphatic heterocycles. The summed E-state index contributed by atoms with van der Waals surface area (Å²) in [6, 6.07) is 0.0392. The molecule has 0 aromatic heterocycles. The van der Waals surface area contributed by atoms with E-state index < -0.39 is 11.7 Å². The van der Waals surface area contributed by atoms with Crippen LogP contribution in [0.15, 0.2) is 12.2 Å². The molecule has 4 nitrogen and oxygen atoms in total. The quantitative estimate of drug-likeness (QED) is 0.491. The number of carbonyl (C=O) groups excluding carboxylic acids is 2. The first kappa shape index (κ1) is 13.1.